The Kier molecular flexibility index (Phi) is 3.74. The van der Waals surface area contributed by atoms with E-state index < -0.39 is 0 Å². The van der Waals surface area contributed by atoms with Gasteiger partial charge in [-0.15, -0.1) is 11.8 Å². The lowest BCUT2D eigenvalue weighted by Gasteiger charge is -2.12. The molecule has 1 aliphatic rings. The molecule has 0 aromatic heterocycles. The highest BCUT2D eigenvalue weighted by Gasteiger charge is 2.30. The van der Waals surface area contributed by atoms with Crippen molar-refractivity contribution in [3.8, 4) is 0 Å². The average molecular weight is 258 g/mol. The topological polar surface area (TPSA) is 38.3 Å². The number of hydrogen-bond donors (Lipinski definition) is 1. The summed E-state index contributed by atoms with van der Waals surface area (Å²) in [4.78, 5) is 11.3. The minimum absolute atomic E-state index is 0.140. The van der Waals surface area contributed by atoms with Crippen molar-refractivity contribution >= 4 is 29.3 Å². The van der Waals surface area contributed by atoms with Crippen molar-refractivity contribution in [3.05, 3.63) is 34.9 Å². The maximum Gasteiger partial charge on any atom is 0.323 e. The number of ether oxygens (including phenoxy) is 1. The molecule has 1 aromatic carbocycles. The first-order valence-electron chi connectivity index (χ1n) is 4.91. The molecule has 1 fully saturated rings. The minimum atomic E-state index is -0.212. The van der Waals surface area contributed by atoms with Crippen LogP contribution >= 0.6 is 23.4 Å². The molecule has 0 spiro atoms. The van der Waals surface area contributed by atoms with Gasteiger partial charge in [-0.05, 0) is 17.7 Å². The first-order chi connectivity index (χ1) is 7.70. The minimum Gasteiger partial charge on any atom is -0.468 e. The third kappa shape index (κ3) is 2.51. The standard InChI is InChI=1S/C11H12ClNO2S/c1-15-11(14)9-6-16-10(13-9)7-2-4-8(12)5-3-7/h2-5,9-10,13H,6H2,1H3/t9-,10-/m1/s1. The van der Waals surface area contributed by atoms with E-state index in [1.165, 1.54) is 7.11 Å². The second-order valence-corrected chi connectivity index (χ2v) is 5.08. The Hall–Kier alpha value is -0.710. The van der Waals surface area contributed by atoms with Crippen molar-refractivity contribution in [3.63, 3.8) is 0 Å². The predicted molar refractivity (Wildman–Crippen MR) is 65.6 cm³/mol. The zero-order valence-electron chi connectivity index (χ0n) is 8.77. The van der Waals surface area contributed by atoms with Crippen LogP contribution < -0.4 is 5.32 Å². The van der Waals surface area contributed by atoms with Crippen LogP contribution in [0.5, 0.6) is 0 Å². The fraction of sp³-hybridized carbons (Fsp3) is 0.364. The fourth-order valence-corrected chi connectivity index (χ4v) is 2.93. The molecule has 1 aromatic rings. The van der Waals surface area contributed by atoms with Crippen molar-refractivity contribution in [2.45, 2.75) is 11.4 Å². The van der Waals surface area contributed by atoms with Gasteiger partial charge in [-0.3, -0.25) is 10.1 Å². The molecule has 0 aliphatic carbocycles. The van der Waals surface area contributed by atoms with Gasteiger partial charge in [0.2, 0.25) is 0 Å². The summed E-state index contributed by atoms with van der Waals surface area (Å²) in [7, 11) is 1.41. The second kappa shape index (κ2) is 5.08. The molecule has 1 heterocycles. The highest BCUT2D eigenvalue weighted by molar-refractivity contribution is 7.99. The molecule has 0 amide bonds. The van der Waals surface area contributed by atoms with Crippen molar-refractivity contribution in [1.29, 1.82) is 0 Å². The Balaban J connectivity index is 2.03. The Bertz CT molecular complexity index is 382. The van der Waals surface area contributed by atoms with E-state index in [4.69, 9.17) is 16.3 Å². The van der Waals surface area contributed by atoms with E-state index >= 15 is 0 Å². The molecule has 1 saturated heterocycles. The van der Waals surface area contributed by atoms with Crippen LogP contribution in [0.15, 0.2) is 24.3 Å². The van der Waals surface area contributed by atoms with Gasteiger partial charge in [0.25, 0.3) is 0 Å². The number of carbonyl (C=O) groups excluding carboxylic acids is 1. The third-order valence-electron chi connectivity index (χ3n) is 2.44. The van der Waals surface area contributed by atoms with Gasteiger partial charge in [0.1, 0.15) is 6.04 Å². The number of nitrogens with one attached hydrogen (secondary N) is 1. The molecule has 0 radical (unpaired) electrons. The molecule has 0 unspecified atom stereocenters. The van der Waals surface area contributed by atoms with Crippen LogP contribution in [0.4, 0.5) is 0 Å². The number of methoxy groups -OCH3 is 1. The van der Waals surface area contributed by atoms with Gasteiger partial charge in [0, 0.05) is 10.8 Å². The Labute approximate surface area is 104 Å². The van der Waals surface area contributed by atoms with Crippen LogP contribution in [0.2, 0.25) is 5.02 Å². The van der Waals surface area contributed by atoms with Gasteiger partial charge in [0.05, 0.1) is 12.5 Å². The lowest BCUT2D eigenvalue weighted by atomic mass is 10.2. The number of rotatable bonds is 2. The van der Waals surface area contributed by atoms with E-state index in [9.17, 15) is 4.79 Å². The summed E-state index contributed by atoms with van der Waals surface area (Å²) < 4.78 is 4.70. The summed E-state index contributed by atoms with van der Waals surface area (Å²) >= 11 is 7.52. The summed E-state index contributed by atoms with van der Waals surface area (Å²) in [6.07, 6.45) is 0. The highest BCUT2D eigenvalue weighted by atomic mass is 35.5. The quantitative estimate of drug-likeness (QED) is 0.825. The molecule has 16 heavy (non-hydrogen) atoms. The average Bonchev–Trinajstić information content (AvgIpc) is 2.78. The van der Waals surface area contributed by atoms with E-state index in [1.54, 1.807) is 11.8 Å². The zero-order chi connectivity index (χ0) is 11.5. The number of benzene rings is 1. The van der Waals surface area contributed by atoms with Crippen LogP contribution in [0, 0.1) is 0 Å². The first kappa shape index (κ1) is 11.8. The largest absolute Gasteiger partial charge is 0.468 e. The maximum absolute atomic E-state index is 11.3. The number of halogens is 1. The number of hydrogen-bond acceptors (Lipinski definition) is 4. The first-order valence-corrected chi connectivity index (χ1v) is 6.34. The van der Waals surface area contributed by atoms with E-state index in [0.29, 0.717) is 0 Å². The summed E-state index contributed by atoms with van der Waals surface area (Å²) in [6, 6.07) is 7.42. The molecule has 0 saturated carbocycles. The van der Waals surface area contributed by atoms with E-state index in [-0.39, 0.29) is 17.4 Å². The van der Waals surface area contributed by atoms with E-state index in [0.717, 1.165) is 16.3 Å². The van der Waals surface area contributed by atoms with Crippen molar-refractivity contribution < 1.29 is 9.53 Å². The Morgan fingerprint density at radius 1 is 1.50 bits per heavy atom. The maximum atomic E-state index is 11.3. The van der Waals surface area contributed by atoms with Crippen LogP contribution in [0.1, 0.15) is 10.9 Å². The molecular weight excluding hydrogens is 246 g/mol. The highest BCUT2D eigenvalue weighted by Crippen LogP contribution is 2.33. The van der Waals surface area contributed by atoms with Crippen LogP contribution in [-0.2, 0) is 9.53 Å². The molecule has 0 bridgehead atoms. The monoisotopic (exact) mass is 257 g/mol. The molecule has 1 aliphatic heterocycles. The van der Waals surface area contributed by atoms with E-state index in [1.807, 2.05) is 24.3 Å². The van der Waals surface area contributed by atoms with Gasteiger partial charge in [-0.25, -0.2) is 0 Å². The number of carbonyl (C=O) groups is 1. The van der Waals surface area contributed by atoms with Gasteiger partial charge < -0.3 is 4.74 Å². The lowest BCUT2D eigenvalue weighted by molar-refractivity contribution is -0.142. The summed E-state index contributed by atoms with van der Waals surface area (Å²) in [5, 5.41) is 4.08. The Morgan fingerprint density at radius 2 is 2.19 bits per heavy atom. The molecule has 5 heteroatoms. The van der Waals surface area contributed by atoms with Crippen LogP contribution in [-0.4, -0.2) is 24.9 Å². The fourth-order valence-electron chi connectivity index (χ4n) is 1.58. The van der Waals surface area contributed by atoms with Crippen molar-refractivity contribution in [2.75, 3.05) is 12.9 Å². The normalized spacial score (nSPS) is 24.4. The molecule has 86 valence electrons. The number of esters is 1. The van der Waals surface area contributed by atoms with Crippen molar-refractivity contribution in [2.24, 2.45) is 0 Å². The molecular formula is C11H12ClNO2S. The van der Waals surface area contributed by atoms with Crippen LogP contribution in [0.25, 0.3) is 0 Å². The third-order valence-corrected chi connectivity index (χ3v) is 3.96. The zero-order valence-corrected chi connectivity index (χ0v) is 10.3. The molecule has 1 N–H and O–H groups in total. The van der Waals surface area contributed by atoms with Gasteiger partial charge in [-0.1, -0.05) is 23.7 Å². The molecule has 2 rings (SSSR count). The number of thioether (sulfide) groups is 1. The van der Waals surface area contributed by atoms with Crippen molar-refractivity contribution in [1.82, 2.24) is 5.32 Å². The van der Waals surface area contributed by atoms with Crippen LogP contribution in [0.3, 0.4) is 0 Å². The Morgan fingerprint density at radius 3 is 2.81 bits per heavy atom. The molecule has 2 atom stereocenters. The van der Waals surface area contributed by atoms with Gasteiger partial charge in [-0.2, -0.15) is 0 Å². The van der Waals surface area contributed by atoms with Gasteiger partial charge in [0.15, 0.2) is 0 Å². The predicted octanol–water partition coefficient (Wildman–Crippen LogP) is 2.22. The summed E-state index contributed by atoms with van der Waals surface area (Å²) in [5.41, 5.74) is 1.13. The second-order valence-electron chi connectivity index (χ2n) is 3.51. The van der Waals surface area contributed by atoms with E-state index in [2.05, 4.69) is 5.32 Å². The summed E-state index contributed by atoms with van der Waals surface area (Å²) in [5.74, 6) is 0.531. The van der Waals surface area contributed by atoms with Gasteiger partial charge >= 0.3 is 5.97 Å². The molecule has 3 nitrogen and oxygen atoms in total. The summed E-state index contributed by atoms with van der Waals surface area (Å²) in [6.45, 7) is 0. The SMILES string of the molecule is COC(=O)[C@H]1CS[C@H](c2ccc(Cl)cc2)N1. The smallest absolute Gasteiger partial charge is 0.323 e. The lowest BCUT2D eigenvalue weighted by Crippen LogP contribution is -2.34.